The van der Waals surface area contributed by atoms with Gasteiger partial charge in [0.1, 0.15) is 0 Å². The molecule has 128 valence electrons. The highest BCUT2D eigenvalue weighted by Gasteiger charge is 2.16. The van der Waals surface area contributed by atoms with E-state index in [0.717, 1.165) is 15.7 Å². The molecule has 0 spiro atoms. The summed E-state index contributed by atoms with van der Waals surface area (Å²) in [5.74, 6) is 0.171. The lowest BCUT2D eigenvalue weighted by molar-refractivity contribution is -0.133. The van der Waals surface area contributed by atoms with Crippen LogP contribution < -0.4 is 5.32 Å². The van der Waals surface area contributed by atoms with Crippen LogP contribution in [0.5, 0.6) is 0 Å². The Bertz CT molecular complexity index is 671. The van der Waals surface area contributed by atoms with Gasteiger partial charge < -0.3 is 10.2 Å². The number of hydrogen-bond acceptors (Lipinski definition) is 2. The summed E-state index contributed by atoms with van der Waals surface area (Å²) in [5.41, 5.74) is 3.39. The molecule has 1 amide bonds. The average molecular weight is 389 g/mol. The highest BCUT2D eigenvalue weighted by molar-refractivity contribution is 9.10. The standard InChI is InChI=1S/C20H25BrN2O/c1-15(2)23(14-17-7-5-4-6-8-17)20(24)11-12-22-19-10-9-16(3)13-18(19)21/h4-10,13,15,22H,11-12,14H2,1-3H3. The van der Waals surface area contributed by atoms with E-state index in [1.54, 1.807) is 0 Å². The van der Waals surface area contributed by atoms with Crippen LogP contribution in [-0.2, 0) is 11.3 Å². The van der Waals surface area contributed by atoms with Crippen molar-refractivity contribution in [2.45, 2.75) is 39.8 Å². The monoisotopic (exact) mass is 388 g/mol. The van der Waals surface area contributed by atoms with Gasteiger partial charge in [0.15, 0.2) is 0 Å². The summed E-state index contributed by atoms with van der Waals surface area (Å²) in [6.45, 7) is 7.46. The van der Waals surface area contributed by atoms with E-state index in [-0.39, 0.29) is 11.9 Å². The molecule has 2 rings (SSSR count). The Morgan fingerprint density at radius 2 is 1.88 bits per heavy atom. The van der Waals surface area contributed by atoms with E-state index in [2.05, 4.69) is 66.3 Å². The highest BCUT2D eigenvalue weighted by atomic mass is 79.9. The zero-order valence-electron chi connectivity index (χ0n) is 14.6. The molecular weight excluding hydrogens is 364 g/mol. The average Bonchev–Trinajstić information content (AvgIpc) is 2.55. The Kier molecular flexibility index (Phi) is 6.85. The molecule has 2 aromatic rings. The molecule has 0 bridgehead atoms. The van der Waals surface area contributed by atoms with Gasteiger partial charge in [0.25, 0.3) is 0 Å². The van der Waals surface area contributed by atoms with Crippen molar-refractivity contribution in [2.24, 2.45) is 0 Å². The van der Waals surface area contributed by atoms with E-state index in [0.29, 0.717) is 19.5 Å². The SMILES string of the molecule is Cc1ccc(NCCC(=O)N(Cc2ccccc2)C(C)C)c(Br)c1. The number of nitrogens with zero attached hydrogens (tertiary/aromatic N) is 1. The topological polar surface area (TPSA) is 32.3 Å². The molecule has 0 atom stereocenters. The normalized spacial score (nSPS) is 10.7. The van der Waals surface area contributed by atoms with Gasteiger partial charge in [-0.2, -0.15) is 0 Å². The molecule has 1 N–H and O–H groups in total. The second kappa shape index (κ2) is 8.88. The number of amides is 1. The van der Waals surface area contributed by atoms with Crippen LogP contribution in [0.3, 0.4) is 0 Å². The molecule has 2 aromatic carbocycles. The van der Waals surface area contributed by atoms with E-state index in [9.17, 15) is 4.79 Å². The number of anilines is 1. The van der Waals surface area contributed by atoms with Crippen LogP contribution in [-0.4, -0.2) is 23.4 Å². The number of halogens is 1. The van der Waals surface area contributed by atoms with Gasteiger partial charge in [-0.1, -0.05) is 36.4 Å². The Morgan fingerprint density at radius 1 is 1.17 bits per heavy atom. The molecule has 4 heteroatoms. The first-order valence-electron chi connectivity index (χ1n) is 8.31. The Hall–Kier alpha value is -1.81. The van der Waals surface area contributed by atoms with Gasteiger partial charge in [0.05, 0.1) is 0 Å². The van der Waals surface area contributed by atoms with Crippen molar-refractivity contribution in [3.8, 4) is 0 Å². The van der Waals surface area contributed by atoms with E-state index in [4.69, 9.17) is 0 Å². The molecule has 0 saturated heterocycles. The molecule has 0 unspecified atom stereocenters. The maximum absolute atomic E-state index is 12.6. The second-order valence-corrected chi connectivity index (χ2v) is 7.12. The van der Waals surface area contributed by atoms with Crippen LogP contribution in [0.2, 0.25) is 0 Å². The van der Waals surface area contributed by atoms with E-state index >= 15 is 0 Å². The van der Waals surface area contributed by atoms with Gasteiger partial charge in [-0.3, -0.25) is 4.79 Å². The van der Waals surface area contributed by atoms with Crippen molar-refractivity contribution in [1.29, 1.82) is 0 Å². The second-order valence-electron chi connectivity index (χ2n) is 6.26. The van der Waals surface area contributed by atoms with Gasteiger partial charge in [-0.05, 0) is 60.0 Å². The van der Waals surface area contributed by atoms with Gasteiger partial charge in [0, 0.05) is 35.7 Å². The number of hydrogen-bond donors (Lipinski definition) is 1. The van der Waals surface area contributed by atoms with Crippen LogP contribution in [0.4, 0.5) is 5.69 Å². The molecule has 3 nitrogen and oxygen atoms in total. The number of rotatable bonds is 7. The van der Waals surface area contributed by atoms with Gasteiger partial charge in [0.2, 0.25) is 5.91 Å². The number of carbonyl (C=O) groups excluding carboxylic acids is 1. The van der Waals surface area contributed by atoms with Crippen molar-refractivity contribution < 1.29 is 4.79 Å². The summed E-state index contributed by atoms with van der Waals surface area (Å²) in [5, 5.41) is 3.33. The number of aryl methyl sites for hydroxylation is 1. The van der Waals surface area contributed by atoms with Crippen LogP contribution in [0.15, 0.2) is 53.0 Å². The summed E-state index contributed by atoms with van der Waals surface area (Å²) in [6, 6.07) is 16.5. The van der Waals surface area contributed by atoms with Crippen molar-refractivity contribution in [3.05, 3.63) is 64.1 Å². The molecule has 0 aliphatic rings. The van der Waals surface area contributed by atoms with E-state index in [1.165, 1.54) is 5.56 Å². The minimum atomic E-state index is 0.171. The van der Waals surface area contributed by atoms with Gasteiger partial charge >= 0.3 is 0 Å². The summed E-state index contributed by atoms with van der Waals surface area (Å²) in [6.07, 6.45) is 0.478. The lowest BCUT2D eigenvalue weighted by atomic mass is 10.1. The largest absolute Gasteiger partial charge is 0.384 e. The van der Waals surface area contributed by atoms with Crippen LogP contribution in [0, 0.1) is 6.92 Å². The first-order chi connectivity index (χ1) is 11.5. The van der Waals surface area contributed by atoms with E-state index in [1.807, 2.05) is 29.2 Å². The van der Waals surface area contributed by atoms with Crippen molar-refractivity contribution in [2.75, 3.05) is 11.9 Å². The molecule has 0 radical (unpaired) electrons. The summed E-state index contributed by atoms with van der Waals surface area (Å²) >= 11 is 3.55. The summed E-state index contributed by atoms with van der Waals surface area (Å²) in [4.78, 5) is 14.5. The van der Waals surface area contributed by atoms with Crippen molar-refractivity contribution >= 4 is 27.5 Å². The lowest BCUT2D eigenvalue weighted by Gasteiger charge is -2.27. The zero-order valence-corrected chi connectivity index (χ0v) is 16.1. The number of nitrogens with one attached hydrogen (secondary N) is 1. The first-order valence-corrected chi connectivity index (χ1v) is 9.10. The number of benzene rings is 2. The maximum Gasteiger partial charge on any atom is 0.224 e. The third-order valence-electron chi connectivity index (χ3n) is 3.92. The third-order valence-corrected chi connectivity index (χ3v) is 4.57. The molecule has 0 aliphatic heterocycles. The summed E-state index contributed by atoms with van der Waals surface area (Å²) < 4.78 is 1.03. The fourth-order valence-electron chi connectivity index (χ4n) is 2.55. The Labute approximate surface area is 153 Å². The molecule has 0 aliphatic carbocycles. The Balaban J connectivity index is 1.91. The Morgan fingerprint density at radius 3 is 2.50 bits per heavy atom. The van der Waals surface area contributed by atoms with Gasteiger partial charge in [-0.15, -0.1) is 0 Å². The van der Waals surface area contributed by atoms with Crippen molar-refractivity contribution in [1.82, 2.24) is 4.90 Å². The molecule has 24 heavy (non-hydrogen) atoms. The van der Waals surface area contributed by atoms with Crippen molar-refractivity contribution in [3.63, 3.8) is 0 Å². The lowest BCUT2D eigenvalue weighted by Crippen LogP contribution is -2.37. The highest BCUT2D eigenvalue weighted by Crippen LogP contribution is 2.23. The predicted octanol–water partition coefficient (Wildman–Crippen LogP) is 5.00. The molecule has 0 saturated carbocycles. The smallest absolute Gasteiger partial charge is 0.224 e. The van der Waals surface area contributed by atoms with Crippen LogP contribution in [0.1, 0.15) is 31.4 Å². The van der Waals surface area contributed by atoms with Gasteiger partial charge in [-0.25, -0.2) is 0 Å². The quantitative estimate of drug-likeness (QED) is 0.723. The minimum Gasteiger partial charge on any atom is -0.384 e. The molecular formula is C20H25BrN2O. The maximum atomic E-state index is 12.6. The minimum absolute atomic E-state index is 0.171. The van der Waals surface area contributed by atoms with Crippen LogP contribution in [0.25, 0.3) is 0 Å². The third kappa shape index (κ3) is 5.38. The fraction of sp³-hybridized carbons (Fsp3) is 0.350. The van der Waals surface area contributed by atoms with E-state index < -0.39 is 0 Å². The fourth-order valence-corrected chi connectivity index (χ4v) is 3.18. The number of carbonyl (C=O) groups is 1. The first kappa shape index (κ1) is 18.5. The summed E-state index contributed by atoms with van der Waals surface area (Å²) in [7, 11) is 0. The molecule has 0 heterocycles. The predicted molar refractivity (Wildman–Crippen MR) is 104 cm³/mol. The van der Waals surface area contributed by atoms with Crippen LogP contribution >= 0.6 is 15.9 Å². The molecule has 0 fully saturated rings. The zero-order chi connectivity index (χ0) is 17.5. The molecule has 0 aromatic heterocycles.